The van der Waals surface area contributed by atoms with E-state index in [-0.39, 0.29) is 17.6 Å². The van der Waals surface area contributed by atoms with Gasteiger partial charge in [0.25, 0.3) is 0 Å². The Hall–Kier alpha value is -0.900. The number of aliphatic hydroxyl groups is 1. The van der Waals surface area contributed by atoms with Crippen molar-refractivity contribution in [1.29, 1.82) is 0 Å². The van der Waals surface area contributed by atoms with Gasteiger partial charge in [-0.05, 0) is 39.5 Å². The summed E-state index contributed by atoms with van der Waals surface area (Å²) in [6, 6.07) is 0. The van der Waals surface area contributed by atoms with Crippen molar-refractivity contribution in [3.05, 3.63) is 0 Å². The fourth-order valence-corrected chi connectivity index (χ4v) is 4.69. The fraction of sp³-hybridized carbons (Fsp3) is 0.909. The molecular formula is C22H41NO3. The number of ketones is 1. The number of carbonyl (C=O) groups is 2. The van der Waals surface area contributed by atoms with E-state index in [2.05, 4.69) is 13.8 Å². The highest BCUT2D eigenvalue weighted by Gasteiger charge is 2.48. The molecule has 1 amide bonds. The molecule has 0 aromatic rings. The molecule has 1 fully saturated rings. The lowest BCUT2D eigenvalue weighted by atomic mass is 9.76. The van der Waals surface area contributed by atoms with Crippen LogP contribution in [0.2, 0.25) is 0 Å². The van der Waals surface area contributed by atoms with Crippen LogP contribution < -0.4 is 0 Å². The first-order valence-electron chi connectivity index (χ1n) is 10.5. The summed E-state index contributed by atoms with van der Waals surface area (Å²) in [5, 5.41) is 11.0. The number of nitrogens with zero attached hydrogens (tertiary/aromatic N) is 1. The molecule has 3 atom stereocenters. The Kier molecular flexibility index (Phi) is 8.32. The molecule has 1 aliphatic heterocycles. The van der Waals surface area contributed by atoms with E-state index in [1.807, 2.05) is 27.7 Å². The van der Waals surface area contributed by atoms with E-state index in [1.165, 1.54) is 19.3 Å². The molecule has 4 nitrogen and oxygen atoms in total. The molecule has 26 heavy (non-hydrogen) atoms. The van der Waals surface area contributed by atoms with Crippen LogP contribution >= 0.6 is 0 Å². The van der Waals surface area contributed by atoms with Crippen molar-refractivity contribution >= 4 is 11.7 Å². The van der Waals surface area contributed by atoms with Gasteiger partial charge in [-0.1, -0.05) is 59.8 Å². The van der Waals surface area contributed by atoms with Crippen LogP contribution in [0.4, 0.5) is 0 Å². The average molecular weight is 368 g/mol. The summed E-state index contributed by atoms with van der Waals surface area (Å²) in [5.41, 5.74) is -1.04. The second kappa shape index (κ2) is 9.34. The molecule has 0 radical (unpaired) electrons. The Morgan fingerprint density at radius 2 is 1.81 bits per heavy atom. The molecule has 1 aliphatic rings. The number of hydrogen-bond acceptors (Lipinski definition) is 3. The standard InChI is InChI=1S/C22H41NO3/c1-8-10-12-17(11-9-2)13-18-14-19(25)23(20(18)26)22(6,7)15-21(4,5)16(3)24/h17-18,20,26H,8-15H2,1-7H3. The number of unbranched alkanes of at least 4 members (excludes halogenated alkanes) is 1. The molecule has 1 rings (SSSR count). The topological polar surface area (TPSA) is 57.6 Å². The number of rotatable bonds is 11. The fourth-order valence-electron chi connectivity index (χ4n) is 4.69. The molecular weight excluding hydrogens is 326 g/mol. The monoisotopic (exact) mass is 367 g/mol. The summed E-state index contributed by atoms with van der Waals surface area (Å²) in [6.07, 6.45) is 7.06. The Morgan fingerprint density at radius 3 is 2.31 bits per heavy atom. The SMILES string of the molecule is CCCCC(CCC)CC1CC(=O)N(C(C)(C)CC(C)(C)C(C)=O)C1O. The number of amides is 1. The highest BCUT2D eigenvalue weighted by molar-refractivity contribution is 5.82. The Labute approximate surface area is 160 Å². The maximum Gasteiger partial charge on any atom is 0.225 e. The van der Waals surface area contributed by atoms with E-state index in [4.69, 9.17) is 0 Å². The molecule has 0 aromatic carbocycles. The smallest absolute Gasteiger partial charge is 0.225 e. The average Bonchev–Trinajstić information content (AvgIpc) is 2.78. The summed E-state index contributed by atoms with van der Waals surface area (Å²) < 4.78 is 0. The lowest BCUT2D eigenvalue weighted by molar-refractivity contribution is -0.146. The highest BCUT2D eigenvalue weighted by atomic mass is 16.3. The van der Waals surface area contributed by atoms with Gasteiger partial charge in [-0.3, -0.25) is 9.59 Å². The number of Topliss-reactive ketones (excluding diaryl/α,β-unsaturated/α-hetero) is 1. The van der Waals surface area contributed by atoms with Crippen LogP contribution in [0.5, 0.6) is 0 Å². The van der Waals surface area contributed by atoms with Crippen LogP contribution in [-0.2, 0) is 9.59 Å². The third-order valence-corrected chi connectivity index (χ3v) is 6.17. The number of likely N-dealkylation sites (tertiary alicyclic amines) is 1. The molecule has 0 aromatic heterocycles. The number of hydrogen-bond donors (Lipinski definition) is 1. The Morgan fingerprint density at radius 1 is 1.19 bits per heavy atom. The minimum Gasteiger partial charge on any atom is -0.373 e. The van der Waals surface area contributed by atoms with Gasteiger partial charge in [0.05, 0.1) is 0 Å². The predicted octanol–water partition coefficient (Wildman–Crippen LogP) is 4.93. The van der Waals surface area contributed by atoms with E-state index < -0.39 is 17.2 Å². The third-order valence-electron chi connectivity index (χ3n) is 6.17. The van der Waals surface area contributed by atoms with E-state index in [0.717, 1.165) is 19.3 Å². The normalized spacial score (nSPS) is 22.8. The molecule has 1 saturated heterocycles. The summed E-state index contributed by atoms with van der Waals surface area (Å²) in [6.45, 7) is 13.8. The molecule has 4 heteroatoms. The van der Waals surface area contributed by atoms with Gasteiger partial charge < -0.3 is 10.0 Å². The number of carbonyl (C=O) groups excluding carboxylic acids is 2. The van der Waals surface area contributed by atoms with Gasteiger partial charge in [-0.2, -0.15) is 0 Å². The van der Waals surface area contributed by atoms with E-state index in [0.29, 0.717) is 18.8 Å². The van der Waals surface area contributed by atoms with Crippen molar-refractivity contribution in [3.63, 3.8) is 0 Å². The minimum absolute atomic E-state index is 0.00983. The lowest BCUT2D eigenvalue weighted by Gasteiger charge is -2.43. The van der Waals surface area contributed by atoms with Crippen LogP contribution in [0, 0.1) is 17.3 Å². The summed E-state index contributed by atoms with van der Waals surface area (Å²) in [5.74, 6) is 0.739. The zero-order valence-electron chi connectivity index (χ0n) is 18.1. The first-order chi connectivity index (χ1) is 12.0. The molecule has 152 valence electrons. The quantitative estimate of drug-likeness (QED) is 0.563. The predicted molar refractivity (Wildman–Crippen MR) is 107 cm³/mol. The van der Waals surface area contributed by atoms with Crippen molar-refractivity contribution < 1.29 is 14.7 Å². The zero-order chi connectivity index (χ0) is 20.1. The maximum atomic E-state index is 12.7. The van der Waals surface area contributed by atoms with Crippen molar-refractivity contribution in [2.24, 2.45) is 17.3 Å². The van der Waals surface area contributed by atoms with Crippen LogP contribution in [-0.4, -0.2) is 33.5 Å². The highest BCUT2D eigenvalue weighted by Crippen LogP contribution is 2.40. The number of aliphatic hydroxyl groups excluding tert-OH is 1. The molecule has 1 N–H and O–H groups in total. The molecule has 3 unspecified atom stereocenters. The summed E-state index contributed by atoms with van der Waals surface area (Å²) in [4.78, 5) is 26.3. The second-order valence-corrected chi connectivity index (χ2v) is 9.60. The van der Waals surface area contributed by atoms with Crippen LogP contribution in [0.3, 0.4) is 0 Å². The Balaban J connectivity index is 2.86. The first kappa shape index (κ1) is 23.1. The van der Waals surface area contributed by atoms with Gasteiger partial charge in [0.15, 0.2) is 0 Å². The first-order valence-corrected chi connectivity index (χ1v) is 10.5. The third kappa shape index (κ3) is 5.80. The second-order valence-electron chi connectivity index (χ2n) is 9.60. The summed E-state index contributed by atoms with van der Waals surface area (Å²) >= 11 is 0. The molecule has 0 saturated carbocycles. The van der Waals surface area contributed by atoms with Crippen molar-refractivity contribution in [2.75, 3.05) is 0 Å². The van der Waals surface area contributed by atoms with Crippen molar-refractivity contribution in [3.8, 4) is 0 Å². The van der Waals surface area contributed by atoms with Gasteiger partial charge >= 0.3 is 0 Å². The van der Waals surface area contributed by atoms with Crippen molar-refractivity contribution in [1.82, 2.24) is 4.90 Å². The van der Waals surface area contributed by atoms with Crippen LogP contribution in [0.1, 0.15) is 99.8 Å². The zero-order valence-corrected chi connectivity index (χ0v) is 18.1. The van der Waals surface area contributed by atoms with E-state index >= 15 is 0 Å². The van der Waals surface area contributed by atoms with Gasteiger partial charge in [-0.25, -0.2) is 0 Å². The van der Waals surface area contributed by atoms with Gasteiger partial charge in [0.2, 0.25) is 5.91 Å². The molecule has 1 heterocycles. The molecule has 0 aliphatic carbocycles. The molecule has 0 bridgehead atoms. The maximum absolute atomic E-state index is 12.7. The van der Waals surface area contributed by atoms with Gasteiger partial charge in [0.1, 0.15) is 12.0 Å². The largest absolute Gasteiger partial charge is 0.373 e. The molecule has 0 spiro atoms. The van der Waals surface area contributed by atoms with Gasteiger partial charge in [0, 0.05) is 23.3 Å². The minimum atomic E-state index is -0.735. The van der Waals surface area contributed by atoms with E-state index in [1.54, 1.807) is 11.8 Å². The summed E-state index contributed by atoms with van der Waals surface area (Å²) in [7, 11) is 0. The van der Waals surface area contributed by atoms with E-state index in [9.17, 15) is 14.7 Å². The van der Waals surface area contributed by atoms with Gasteiger partial charge in [-0.15, -0.1) is 0 Å². The Bertz CT molecular complexity index is 484. The van der Waals surface area contributed by atoms with Crippen molar-refractivity contribution in [2.45, 2.75) is 112 Å². The van der Waals surface area contributed by atoms with Crippen LogP contribution in [0.15, 0.2) is 0 Å². The van der Waals surface area contributed by atoms with Crippen LogP contribution in [0.25, 0.3) is 0 Å². The lowest BCUT2D eigenvalue weighted by Crippen LogP contribution is -2.52.